The number of imide groups is 1. The van der Waals surface area contributed by atoms with E-state index in [4.69, 9.17) is 0 Å². The van der Waals surface area contributed by atoms with E-state index in [1.807, 2.05) is 54.6 Å². The Bertz CT molecular complexity index is 849. The molecule has 1 atom stereocenters. The third-order valence-corrected chi connectivity index (χ3v) is 5.03. The van der Waals surface area contributed by atoms with E-state index in [2.05, 4.69) is 17.6 Å². The number of hydrogen-bond acceptors (Lipinski definition) is 3. The molecule has 0 spiro atoms. The van der Waals surface area contributed by atoms with Crippen molar-refractivity contribution in [2.75, 3.05) is 11.9 Å². The van der Waals surface area contributed by atoms with Crippen LogP contribution in [0.2, 0.25) is 0 Å². The standard InChI is InChI=1S/C23H27N3O3/c1-2-3-7-18-10-13-19(14-11-18)24-21(27)16-26-22(28)20(25-23(26)29)15-12-17-8-5-4-6-9-17/h4-6,8-11,13-14,20H,2-3,7,12,15-16H2,1H3,(H,24,27)(H,25,29)/t20-/m1/s1. The number of anilines is 1. The van der Waals surface area contributed by atoms with Crippen molar-refractivity contribution < 1.29 is 14.4 Å². The number of nitrogens with zero attached hydrogens (tertiary/aromatic N) is 1. The van der Waals surface area contributed by atoms with Crippen molar-refractivity contribution in [3.05, 3.63) is 65.7 Å². The quantitative estimate of drug-likeness (QED) is 0.640. The highest BCUT2D eigenvalue weighted by Gasteiger charge is 2.38. The van der Waals surface area contributed by atoms with Gasteiger partial charge in [0.05, 0.1) is 0 Å². The molecule has 0 radical (unpaired) electrons. The first-order valence-electron chi connectivity index (χ1n) is 10.1. The van der Waals surface area contributed by atoms with E-state index in [9.17, 15) is 14.4 Å². The SMILES string of the molecule is CCCCc1ccc(NC(=O)CN2C(=O)N[C@H](CCc3ccccc3)C2=O)cc1. The summed E-state index contributed by atoms with van der Waals surface area (Å²) in [6, 6.07) is 16.3. The van der Waals surface area contributed by atoms with Gasteiger partial charge in [0.25, 0.3) is 5.91 Å². The Morgan fingerprint density at radius 2 is 1.69 bits per heavy atom. The lowest BCUT2D eigenvalue weighted by Gasteiger charge is -2.13. The molecule has 6 heteroatoms. The number of aryl methyl sites for hydroxylation is 2. The third kappa shape index (κ3) is 5.67. The van der Waals surface area contributed by atoms with Crippen molar-refractivity contribution in [1.82, 2.24) is 10.2 Å². The van der Waals surface area contributed by atoms with Crippen molar-refractivity contribution >= 4 is 23.5 Å². The molecule has 0 saturated carbocycles. The first-order chi connectivity index (χ1) is 14.1. The molecule has 0 unspecified atom stereocenters. The average Bonchev–Trinajstić information content (AvgIpc) is 3.00. The summed E-state index contributed by atoms with van der Waals surface area (Å²) in [6.45, 7) is 1.86. The van der Waals surface area contributed by atoms with Gasteiger partial charge in [-0.05, 0) is 48.9 Å². The second kappa shape index (κ2) is 9.87. The van der Waals surface area contributed by atoms with Crippen molar-refractivity contribution in [1.29, 1.82) is 0 Å². The topological polar surface area (TPSA) is 78.5 Å². The second-order valence-corrected chi connectivity index (χ2v) is 7.30. The van der Waals surface area contributed by atoms with E-state index in [-0.39, 0.29) is 12.5 Å². The minimum absolute atomic E-state index is 0.288. The van der Waals surface area contributed by atoms with Crippen LogP contribution in [-0.4, -0.2) is 35.3 Å². The minimum Gasteiger partial charge on any atom is -0.326 e. The number of benzene rings is 2. The van der Waals surface area contributed by atoms with Gasteiger partial charge < -0.3 is 10.6 Å². The van der Waals surface area contributed by atoms with Gasteiger partial charge in [0.2, 0.25) is 5.91 Å². The lowest BCUT2D eigenvalue weighted by Crippen LogP contribution is -2.38. The predicted molar refractivity (Wildman–Crippen MR) is 112 cm³/mol. The van der Waals surface area contributed by atoms with E-state index in [0.29, 0.717) is 18.5 Å². The van der Waals surface area contributed by atoms with E-state index in [1.54, 1.807) is 0 Å². The van der Waals surface area contributed by atoms with Crippen LogP contribution in [0.15, 0.2) is 54.6 Å². The van der Waals surface area contributed by atoms with Crippen LogP contribution < -0.4 is 10.6 Å². The van der Waals surface area contributed by atoms with Gasteiger partial charge in [0, 0.05) is 5.69 Å². The zero-order valence-electron chi connectivity index (χ0n) is 16.7. The van der Waals surface area contributed by atoms with Gasteiger partial charge in [-0.15, -0.1) is 0 Å². The van der Waals surface area contributed by atoms with Gasteiger partial charge in [-0.3, -0.25) is 14.5 Å². The molecule has 1 aliphatic heterocycles. The molecule has 2 N–H and O–H groups in total. The van der Waals surface area contributed by atoms with Crippen LogP contribution in [-0.2, 0) is 22.4 Å². The molecule has 1 saturated heterocycles. The third-order valence-electron chi connectivity index (χ3n) is 5.03. The number of unbranched alkanes of at least 4 members (excludes halogenated alkanes) is 1. The van der Waals surface area contributed by atoms with Gasteiger partial charge in [-0.1, -0.05) is 55.8 Å². The summed E-state index contributed by atoms with van der Waals surface area (Å²) >= 11 is 0. The summed E-state index contributed by atoms with van der Waals surface area (Å²) in [4.78, 5) is 38.0. The first kappa shape index (κ1) is 20.6. The zero-order valence-corrected chi connectivity index (χ0v) is 16.7. The zero-order chi connectivity index (χ0) is 20.6. The molecule has 0 aliphatic carbocycles. The van der Waals surface area contributed by atoms with Gasteiger partial charge >= 0.3 is 6.03 Å². The Kier molecular flexibility index (Phi) is 7.00. The largest absolute Gasteiger partial charge is 0.326 e. The van der Waals surface area contributed by atoms with Crippen LogP contribution >= 0.6 is 0 Å². The highest BCUT2D eigenvalue weighted by atomic mass is 16.2. The number of amides is 4. The first-order valence-corrected chi connectivity index (χ1v) is 10.1. The lowest BCUT2D eigenvalue weighted by molar-refractivity contribution is -0.130. The monoisotopic (exact) mass is 393 g/mol. The maximum absolute atomic E-state index is 12.5. The summed E-state index contributed by atoms with van der Waals surface area (Å²) in [5.74, 6) is -0.741. The predicted octanol–water partition coefficient (Wildman–Crippen LogP) is 3.52. The fourth-order valence-electron chi connectivity index (χ4n) is 3.36. The molecule has 6 nitrogen and oxygen atoms in total. The molecule has 0 aromatic heterocycles. The van der Waals surface area contributed by atoms with Gasteiger partial charge in [0.1, 0.15) is 12.6 Å². The second-order valence-electron chi connectivity index (χ2n) is 7.30. The number of rotatable bonds is 9. The fraction of sp³-hybridized carbons (Fsp3) is 0.348. The van der Waals surface area contributed by atoms with Gasteiger partial charge in [-0.25, -0.2) is 4.79 Å². The lowest BCUT2D eigenvalue weighted by atomic mass is 10.1. The van der Waals surface area contributed by atoms with Crippen molar-refractivity contribution in [3.63, 3.8) is 0 Å². The van der Waals surface area contributed by atoms with Crippen LogP contribution in [0.5, 0.6) is 0 Å². The van der Waals surface area contributed by atoms with E-state index in [1.165, 1.54) is 5.56 Å². The Hall–Kier alpha value is -3.15. The van der Waals surface area contributed by atoms with Crippen LogP contribution in [0.1, 0.15) is 37.3 Å². The minimum atomic E-state index is -0.589. The van der Waals surface area contributed by atoms with Crippen LogP contribution in [0.3, 0.4) is 0 Å². The number of urea groups is 1. The normalized spacial score (nSPS) is 16.0. The summed E-state index contributed by atoms with van der Waals surface area (Å²) in [5, 5.41) is 5.43. The molecule has 1 aliphatic rings. The molecule has 2 aromatic rings. The summed E-state index contributed by atoms with van der Waals surface area (Å²) in [5.41, 5.74) is 2.98. The molecular formula is C23H27N3O3. The molecule has 1 fully saturated rings. The van der Waals surface area contributed by atoms with Crippen LogP contribution in [0.4, 0.5) is 10.5 Å². The number of carbonyl (C=O) groups is 3. The van der Waals surface area contributed by atoms with E-state index in [0.717, 1.165) is 29.7 Å². The molecule has 0 bridgehead atoms. The fourth-order valence-corrected chi connectivity index (χ4v) is 3.36. The molecule has 29 heavy (non-hydrogen) atoms. The number of carbonyl (C=O) groups excluding carboxylic acids is 3. The Balaban J connectivity index is 1.50. The molecule has 1 heterocycles. The van der Waals surface area contributed by atoms with Crippen molar-refractivity contribution in [2.45, 2.75) is 45.1 Å². The Labute approximate surface area is 171 Å². The highest BCUT2D eigenvalue weighted by molar-refractivity contribution is 6.07. The van der Waals surface area contributed by atoms with Gasteiger partial charge in [-0.2, -0.15) is 0 Å². The Morgan fingerprint density at radius 3 is 2.38 bits per heavy atom. The highest BCUT2D eigenvalue weighted by Crippen LogP contribution is 2.15. The molecular weight excluding hydrogens is 366 g/mol. The molecule has 4 amide bonds. The van der Waals surface area contributed by atoms with Crippen LogP contribution in [0.25, 0.3) is 0 Å². The number of hydrogen-bond donors (Lipinski definition) is 2. The summed E-state index contributed by atoms with van der Waals surface area (Å²) < 4.78 is 0. The maximum Gasteiger partial charge on any atom is 0.325 e. The molecule has 3 rings (SSSR count). The van der Waals surface area contributed by atoms with Crippen molar-refractivity contribution in [2.24, 2.45) is 0 Å². The van der Waals surface area contributed by atoms with E-state index >= 15 is 0 Å². The maximum atomic E-state index is 12.5. The van der Waals surface area contributed by atoms with E-state index < -0.39 is 18.0 Å². The summed E-state index contributed by atoms with van der Waals surface area (Å²) in [6.07, 6.45) is 4.46. The summed E-state index contributed by atoms with van der Waals surface area (Å²) in [7, 11) is 0. The smallest absolute Gasteiger partial charge is 0.325 e. The van der Waals surface area contributed by atoms with Crippen LogP contribution in [0, 0.1) is 0 Å². The Morgan fingerprint density at radius 1 is 1.00 bits per heavy atom. The molecule has 2 aromatic carbocycles. The van der Waals surface area contributed by atoms with Gasteiger partial charge in [0.15, 0.2) is 0 Å². The average molecular weight is 393 g/mol. The number of nitrogens with one attached hydrogen (secondary N) is 2. The molecule has 152 valence electrons. The van der Waals surface area contributed by atoms with Crippen molar-refractivity contribution in [3.8, 4) is 0 Å².